The second kappa shape index (κ2) is 9.49. The Morgan fingerprint density at radius 1 is 1.14 bits per heavy atom. The lowest BCUT2D eigenvalue weighted by Gasteiger charge is -2.30. The molecule has 2 aromatic rings. The number of carbonyl (C=O) groups is 1. The van der Waals surface area contributed by atoms with E-state index in [0.717, 1.165) is 25.1 Å². The van der Waals surface area contributed by atoms with E-state index in [9.17, 15) is 4.79 Å². The van der Waals surface area contributed by atoms with Gasteiger partial charge in [-0.2, -0.15) is 0 Å². The van der Waals surface area contributed by atoms with Crippen LogP contribution in [0.4, 0.5) is 5.82 Å². The van der Waals surface area contributed by atoms with E-state index in [1.54, 1.807) is 27.5 Å². The number of benzene rings is 1. The minimum absolute atomic E-state index is 0.0529. The first-order valence-electron chi connectivity index (χ1n) is 9.84. The van der Waals surface area contributed by atoms with Crippen molar-refractivity contribution in [2.24, 2.45) is 5.92 Å². The van der Waals surface area contributed by atoms with Gasteiger partial charge in [0.1, 0.15) is 5.82 Å². The number of piperidine rings is 1. The Morgan fingerprint density at radius 2 is 1.93 bits per heavy atom. The minimum Gasteiger partial charge on any atom is -0.493 e. The molecule has 3 rings (SSSR count). The highest BCUT2D eigenvalue weighted by Crippen LogP contribution is 2.39. The molecule has 0 radical (unpaired) electrons. The quantitative estimate of drug-likeness (QED) is 0.767. The molecule has 1 atom stereocenters. The van der Waals surface area contributed by atoms with E-state index in [1.807, 2.05) is 29.2 Å². The molecule has 0 spiro atoms. The summed E-state index contributed by atoms with van der Waals surface area (Å²) in [6.07, 6.45) is 3.88. The van der Waals surface area contributed by atoms with E-state index in [0.29, 0.717) is 41.1 Å². The summed E-state index contributed by atoms with van der Waals surface area (Å²) in [6.45, 7) is 4.32. The predicted octanol–water partition coefficient (Wildman–Crippen LogP) is 3.59. The van der Waals surface area contributed by atoms with E-state index < -0.39 is 0 Å². The number of hydrogen-bond acceptors (Lipinski definition) is 6. The predicted molar refractivity (Wildman–Crippen MR) is 112 cm³/mol. The van der Waals surface area contributed by atoms with Crippen LogP contribution in [-0.2, 0) is 6.54 Å². The Bertz CT molecular complexity index is 839. The number of anilines is 1. The van der Waals surface area contributed by atoms with Crippen molar-refractivity contribution in [1.82, 2.24) is 9.88 Å². The van der Waals surface area contributed by atoms with E-state index in [-0.39, 0.29) is 5.91 Å². The van der Waals surface area contributed by atoms with Crippen LogP contribution in [0, 0.1) is 5.92 Å². The molecule has 0 bridgehead atoms. The number of rotatable bonds is 7. The SMILES string of the molecule is COc1ccc(CNc2ccc(C(=O)N3CCCC(C)C3)cn2)c(OC)c1OC. The molecule has 2 heterocycles. The highest BCUT2D eigenvalue weighted by Gasteiger charge is 2.22. The standard InChI is InChI=1S/C22H29N3O4/c1-15-6-5-11-25(14-15)22(26)17-8-10-19(24-13-17)23-12-16-7-9-18(27-2)21(29-4)20(16)28-3/h7-10,13,15H,5-6,11-12,14H2,1-4H3,(H,23,24). The smallest absolute Gasteiger partial charge is 0.255 e. The van der Waals surface area contributed by atoms with E-state index in [2.05, 4.69) is 17.2 Å². The molecule has 1 saturated heterocycles. The van der Waals surface area contributed by atoms with Crippen LogP contribution in [0.1, 0.15) is 35.7 Å². The second-order valence-electron chi connectivity index (χ2n) is 7.28. The first-order chi connectivity index (χ1) is 14.1. The highest BCUT2D eigenvalue weighted by molar-refractivity contribution is 5.94. The fourth-order valence-corrected chi connectivity index (χ4v) is 3.67. The molecule has 1 amide bonds. The van der Waals surface area contributed by atoms with Crippen LogP contribution in [0.15, 0.2) is 30.5 Å². The third-order valence-corrected chi connectivity index (χ3v) is 5.20. The van der Waals surface area contributed by atoms with Gasteiger partial charge >= 0.3 is 0 Å². The Hall–Kier alpha value is -2.96. The highest BCUT2D eigenvalue weighted by atomic mass is 16.5. The second-order valence-corrected chi connectivity index (χ2v) is 7.28. The molecule has 1 N–H and O–H groups in total. The van der Waals surface area contributed by atoms with Gasteiger partial charge in [0.25, 0.3) is 5.91 Å². The molecule has 29 heavy (non-hydrogen) atoms. The van der Waals surface area contributed by atoms with Crippen molar-refractivity contribution >= 4 is 11.7 Å². The van der Waals surface area contributed by atoms with Gasteiger partial charge in [-0.1, -0.05) is 6.92 Å². The van der Waals surface area contributed by atoms with Crippen LogP contribution >= 0.6 is 0 Å². The molecule has 7 heteroatoms. The maximum Gasteiger partial charge on any atom is 0.255 e. The summed E-state index contributed by atoms with van der Waals surface area (Å²) in [5.41, 5.74) is 1.53. The maximum absolute atomic E-state index is 12.7. The Balaban J connectivity index is 1.67. The fourth-order valence-electron chi connectivity index (χ4n) is 3.67. The van der Waals surface area contributed by atoms with Crippen molar-refractivity contribution in [3.05, 3.63) is 41.6 Å². The van der Waals surface area contributed by atoms with Crippen molar-refractivity contribution in [2.45, 2.75) is 26.3 Å². The van der Waals surface area contributed by atoms with Crippen LogP contribution < -0.4 is 19.5 Å². The molecule has 0 saturated carbocycles. The molecule has 1 fully saturated rings. The van der Waals surface area contributed by atoms with Crippen LogP contribution in [0.5, 0.6) is 17.2 Å². The molecule has 1 unspecified atom stereocenters. The van der Waals surface area contributed by atoms with Gasteiger partial charge in [-0.05, 0) is 43.0 Å². The molecular weight excluding hydrogens is 370 g/mol. The van der Waals surface area contributed by atoms with E-state index >= 15 is 0 Å². The van der Waals surface area contributed by atoms with Gasteiger partial charge in [-0.3, -0.25) is 4.79 Å². The van der Waals surface area contributed by atoms with Gasteiger partial charge in [0.15, 0.2) is 11.5 Å². The molecule has 7 nitrogen and oxygen atoms in total. The zero-order valence-electron chi connectivity index (χ0n) is 17.5. The zero-order valence-corrected chi connectivity index (χ0v) is 17.5. The summed E-state index contributed by atoms with van der Waals surface area (Å²) in [4.78, 5) is 19.0. The number of methoxy groups -OCH3 is 3. The Labute approximate surface area is 172 Å². The summed E-state index contributed by atoms with van der Waals surface area (Å²) >= 11 is 0. The molecule has 0 aliphatic carbocycles. The Morgan fingerprint density at radius 3 is 2.55 bits per heavy atom. The van der Waals surface area contributed by atoms with Crippen molar-refractivity contribution in [3.8, 4) is 17.2 Å². The van der Waals surface area contributed by atoms with Crippen LogP contribution in [-0.4, -0.2) is 50.2 Å². The normalized spacial score (nSPS) is 16.3. The summed E-state index contributed by atoms with van der Waals surface area (Å²) < 4.78 is 16.2. The van der Waals surface area contributed by atoms with Crippen molar-refractivity contribution in [3.63, 3.8) is 0 Å². The minimum atomic E-state index is 0.0529. The number of aromatic nitrogens is 1. The monoisotopic (exact) mass is 399 g/mol. The van der Waals surface area contributed by atoms with Gasteiger partial charge < -0.3 is 24.4 Å². The summed E-state index contributed by atoms with van der Waals surface area (Å²) in [7, 11) is 4.77. The van der Waals surface area contributed by atoms with Crippen LogP contribution in [0.3, 0.4) is 0 Å². The zero-order chi connectivity index (χ0) is 20.8. The van der Waals surface area contributed by atoms with Gasteiger partial charge in [-0.25, -0.2) is 4.98 Å². The molecule has 1 aliphatic rings. The van der Waals surface area contributed by atoms with E-state index in [4.69, 9.17) is 14.2 Å². The number of hydrogen-bond donors (Lipinski definition) is 1. The van der Waals surface area contributed by atoms with Crippen molar-refractivity contribution in [1.29, 1.82) is 0 Å². The lowest BCUT2D eigenvalue weighted by atomic mass is 10.00. The third-order valence-electron chi connectivity index (χ3n) is 5.20. The maximum atomic E-state index is 12.7. The molecule has 1 aromatic heterocycles. The molecular formula is C22H29N3O4. The fraction of sp³-hybridized carbons (Fsp3) is 0.455. The summed E-state index contributed by atoms with van der Waals surface area (Å²) in [5.74, 6) is 3.08. The van der Waals surface area contributed by atoms with E-state index in [1.165, 1.54) is 6.42 Å². The summed E-state index contributed by atoms with van der Waals surface area (Å²) in [5, 5.41) is 3.26. The van der Waals surface area contributed by atoms with Gasteiger partial charge in [0.05, 0.1) is 26.9 Å². The number of nitrogens with zero attached hydrogens (tertiary/aromatic N) is 2. The van der Waals surface area contributed by atoms with Gasteiger partial charge in [0.2, 0.25) is 5.75 Å². The average molecular weight is 399 g/mol. The molecule has 156 valence electrons. The van der Waals surface area contributed by atoms with Crippen molar-refractivity contribution in [2.75, 3.05) is 39.7 Å². The summed E-state index contributed by atoms with van der Waals surface area (Å²) in [6, 6.07) is 7.41. The number of nitrogens with one attached hydrogen (secondary N) is 1. The lowest BCUT2D eigenvalue weighted by molar-refractivity contribution is 0.0682. The first-order valence-corrected chi connectivity index (χ1v) is 9.84. The topological polar surface area (TPSA) is 72.9 Å². The Kier molecular flexibility index (Phi) is 6.80. The number of ether oxygens (including phenoxy) is 3. The lowest BCUT2D eigenvalue weighted by Crippen LogP contribution is -2.39. The number of amides is 1. The average Bonchev–Trinajstić information content (AvgIpc) is 2.76. The molecule has 1 aliphatic heterocycles. The third kappa shape index (κ3) is 4.72. The van der Waals surface area contributed by atoms with Crippen LogP contribution in [0.25, 0.3) is 0 Å². The first kappa shape index (κ1) is 20.8. The van der Waals surface area contributed by atoms with Crippen molar-refractivity contribution < 1.29 is 19.0 Å². The van der Waals surface area contributed by atoms with Gasteiger partial charge in [0, 0.05) is 31.4 Å². The number of pyridine rings is 1. The number of likely N-dealkylation sites (tertiary alicyclic amines) is 1. The van der Waals surface area contributed by atoms with Gasteiger partial charge in [-0.15, -0.1) is 0 Å². The number of carbonyl (C=O) groups excluding carboxylic acids is 1. The largest absolute Gasteiger partial charge is 0.493 e. The van der Waals surface area contributed by atoms with Crippen LogP contribution in [0.2, 0.25) is 0 Å². The molecule has 1 aromatic carbocycles.